The molecule has 15 heavy (non-hydrogen) atoms. The quantitative estimate of drug-likeness (QED) is 0.191. The Balaban J connectivity index is 3.69. The number of alkyl halides is 4. The zero-order valence-electron chi connectivity index (χ0n) is 8.60. The van der Waals surface area contributed by atoms with Crippen LogP contribution in [0.2, 0.25) is 0 Å². The number of carbonyl (C=O) groups is 1. The summed E-state index contributed by atoms with van der Waals surface area (Å²) < 4.78 is 40.7. The summed E-state index contributed by atoms with van der Waals surface area (Å²) in [4.78, 5) is 10.3. The van der Waals surface area contributed by atoms with Crippen LogP contribution in [0.15, 0.2) is 0 Å². The van der Waals surface area contributed by atoms with Gasteiger partial charge in [-0.3, -0.25) is 0 Å². The molecule has 0 aromatic carbocycles. The third-order valence-electron chi connectivity index (χ3n) is 1.70. The summed E-state index contributed by atoms with van der Waals surface area (Å²) in [6, 6.07) is 0. The van der Waals surface area contributed by atoms with E-state index in [4.69, 9.17) is 0 Å². The summed E-state index contributed by atoms with van der Waals surface area (Å²) in [7, 11) is 3.91. The van der Waals surface area contributed by atoms with Crippen molar-refractivity contribution in [2.45, 2.75) is 12.6 Å². The molecule has 0 aliphatic carbocycles. The van der Waals surface area contributed by atoms with E-state index in [1.807, 2.05) is 14.1 Å². The monoisotopic (exact) mass is 340 g/mol. The maximum absolute atomic E-state index is 11.7. The molecule has 0 bridgehead atoms. The maximum Gasteiger partial charge on any atom is 0.490 e. The molecule has 0 rings (SSSR count). The molecule has 7 heteroatoms. The Kier molecular flexibility index (Phi) is 5.86. The van der Waals surface area contributed by atoms with Gasteiger partial charge in [-0.25, -0.2) is 4.79 Å². The minimum atomic E-state index is -4.88. The van der Waals surface area contributed by atoms with Crippen LogP contribution in [0.3, 0.4) is 0 Å². The van der Waals surface area contributed by atoms with Crippen LogP contribution < -0.4 is 0 Å². The van der Waals surface area contributed by atoms with Gasteiger partial charge in [0.2, 0.25) is 0 Å². The van der Waals surface area contributed by atoms with Crippen molar-refractivity contribution >= 4 is 28.6 Å². The lowest BCUT2D eigenvalue weighted by Gasteiger charge is -2.26. The molecule has 0 heterocycles. The highest BCUT2D eigenvalue weighted by molar-refractivity contribution is 14.1. The van der Waals surface area contributed by atoms with Crippen molar-refractivity contribution in [1.82, 2.24) is 0 Å². The van der Waals surface area contributed by atoms with Crippen LogP contribution in [0, 0.1) is 0 Å². The van der Waals surface area contributed by atoms with Gasteiger partial charge in [0, 0.05) is 6.42 Å². The van der Waals surface area contributed by atoms with Crippen molar-refractivity contribution in [3.05, 3.63) is 0 Å². The summed E-state index contributed by atoms with van der Waals surface area (Å²) in [5.41, 5.74) is 0. The highest BCUT2D eigenvalue weighted by atomic mass is 127. The second kappa shape index (κ2) is 5.88. The lowest BCUT2D eigenvalue weighted by atomic mass is 10.4. The van der Waals surface area contributed by atoms with Crippen LogP contribution >= 0.6 is 22.6 Å². The molecule has 3 nitrogen and oxygen atoms in total. The van der Waals surface area contributed by atoms with Gasteiger partial charge in [-0.05, 0) is 22.6 Å². The summed E-state index contributed by atoms with van der Waals surface area (Å²) in [6.45, 7) is 0.491. The Bertz CT molecular complexity index is 218. The van der Waals surface area contributed by atoms with Gasteiger partial charge < -0.3 is 9.22 Å². The number of hydrogen-bond donors (Lipinski definition) is 0. The van der Waals surface area contributed by atoms with Crippen LogP contribution in [0.1, 0.15) is 6.42 Å². The molecule has 0 spiro atoms. The van der Waals surface area contributed by atoms with E-state index in [9.17, 15) is 18.0 Å². The first kappa shape index (κ1) is 14.9. The van der Waals surface area contributed by atoms with Gasteiger partial charge in [0.25, 0.3) is 0 Å². The first-order valence-electron chi connectivity index (χ1n) is 4.31. The van der Waals surface area contributed by atoms with Gasteiger partial charge in [-0.1, -0.05) is 0 Å². The van der Waals surface area contributed by atoms with Gasteiger partial charge in [0.05, 0.1) is 27.2 Å². The molecule has 0 aliphatic rings. The maximum atomic E-state index is 11.7. The van der Waals surface area contributed by atoms with Crippen molar-refractivity contribution in [2.75, 3.05) is 31.8 Å². The fraction of sp³-hybridized carbons (Fsp3) is 0.875. The number of halogens is 4. The molecule has 0 saturated carbocycles. The van der Waals surface area contributed by atoms with Crippen molar-refractivity contribution in [3.63, 3.8) is 0 Å². The molecular formula is C8H14F3INO2+. The number of esters is 1. The number of hydrogen-bond acceptors (Lipinski definition) is 2. The summed E-state index contributed by atoms with van der Waals surface area (Å²) in [5, 5.41) is 0. The minimum absolute atomic E-state index is 0.184. The van der Waals surface area contributed by atoms with Crippen molar-refractivity contribution in [2.24, 2.45) is 0 Å². The van der Waals surface area contributed by atoms with E-state index < -0.39 is 12.1 Å². The molecule has 0 aliphatic heterocycles. The van der Waals surface area contributed by atoms with E-state index in [1.54, 1.807) is 0 Å². The summed E-state index contributed by atoms with van der Waals surface area (Å²) in [5.74, 6) is -2.11. The Hall–Kier alpha value is -0.0500. The predicted octanol–water partition coefficient (Wildman–Crippen LogP) is 1.95. The number of ether oxygens (including phenoxy) is 1. The van der Waals surface area contributed by atoms with Crippen molar-refractivity contribution in [3.8, 4) is 0 Å². The second-order valence-corrected chi connectivity index (χ2v) is 4.45. The average Bonchev–Trinajstić information content (AvgIpc) is 2.10. The normalized spacial score (nSPS) is 12.7. The Morgan fingerprint density at radius 1 is 1.40 bits per heavy atom. The molecule has 0 saturated heterocycles. The molecular weight excluding hydrogens is 326 g/mol. The van der Waals surface area contributed by atoms with Crippen LogP contribution in [-0.4, -0.2) is 48.4 Å². The highest BCUT2D eigenvalue weighted by Crippen LogP contribution is 2.16. The van der Waals surface area contributed by atoms with Gasteiger partial charge in [0.1, 0.15) is 4.55 Å². The third kappa shape index (κ3) is 6.93. The molecule has 0 amide bonds. The summed E-state index contributed by atoms with van der Waals surface area (Å²) >= 11 is 2.19. The Labute approximate surface area is 100 Å². The van der Waals surface area contributed by atoms with Gasteiger partial charge >= 0.3 is 12.1 Å². The van der Waals surface area contributed by atoms with E-state index in [0.717, 1.165) is 4.55 Å². The van der Waals surface area contributed by atoms with Crippen molar-refractivity contribution < 1.29 is 27.2 Å². The molecule has 0 atom stereocenters. The smallest absolute Gasteiger partial charge is 0.459 e. The zero-order valence-corrected chi connectivity index (χ0v) is 10.8. The van der Waals surface area contributed by atoms with Crippen molar-refractivity contribution in [1.29, 1.82) is 0 Å². The predicted molar refractivity (Wildman–Crippen MR) is 57.5 cm³/mol. The van der Waals surface area contributed by atoms with E-state index in [0.29, 0.717) is 17.4 Å². The topological polar surface area (TPSA) is 26.3 Å². The zero-order chi connectivity index (χ0) is 12.1. The van der Waals surface area contributed by atoms with E-state index in [1.165, 1.54) is 0 Å². The van der Waals surface area contributed by atoms with E-state index in [-0.39, 0.29) is 6.61 Å². The molecule has 0 aromatic rings. The van der Waals surface area contributed by atoms with E-state index >= 15 is 0 Å². The Morgan fingerprint density at radius 3 is 2.33 bits per heavy atom. The molecule has 0 fully saturated rings. The molecule has 0 unspecified atom stereocenters. The highest BCUT2D eigenvalue weighted by Gasteiger charge is 2.40. The van der Waals surface area contributed by atoms with Gasteiger partial charge in [-0.15, -0.1) is 0 Å². The average molecular weight is 340 g/mol. The van der Waals surface area contributed by atoms with Crippen LogP contribution in [0.4, 0.5) is 13.2 Å². The number of nitrogens with zero attached hydrogens (tertiary/aromatic N) is 1. The standard InChI is InChI=1S/C8H14F3INO2/c1-13(2,6-12)4-3-5-15-7(14)8(9,10)11/h3-6H2,1-2H3/q+1. The summed E-state index contributed by atoms with van der Waals surface area (Å²) in [6.07, 6.45) is -4.45. The van der Waals surface area contributed by atoms with E-state index in [2.05, 4.69) is 27.3 Å². The van der Waals surface area contributed by atoms with Crippen LogP contribution in [0.25, 0.3) is 0 Å². The fourth-order valence-corrected chi connectivity index (χ4v) is 1.14. The lowest BCUT2D eigenvalue weighted by Crippen LogP contribution is -2.39. The van der Waals surface area contributed by atoms with Crippen LogP contribution in [0.5, 0.6) is 0 Å². The molecule has 0 N–H and O–H groups in total. The minimum Gasteiger partial charge on any atom is -0.459 e. The fourth-order valence-electron chi connectivity index (χ4n) is 0.799. The second-order valence-electron chi connectivity index (χ2n) is 3.77. The van der Waals surface area contributed by atoms with Gasteiger partial charge in [-0.2, -0.15) is 13.2 Å². The first-order chi connectivity index (χ1) is 6.69. The largest absolute Gasteiger partial charge is 0.490 e. The number of rotatable bonds is 5. The first-order valence-corrected chi connectivity index (χ1v) is 5.83. The lowest BCUT2D eigenvalue weighted by molar-refractivity contribution is -0.874. The van der Waals surface area contributed by atoms with Gasteiger partial charge in [0.15, 0.2) is 0 Å². The molecule has 90 valence electrons. The third-order valence-corrected chi connectivity index (χ3v) is 3.54. The van der Waals surface area contributed by atoms with Crippen LogP contribution in [-0.2, 0) is 9.53 Å². The SMILES string of the molecule is C[N+](C)(CI)CCCOC(=O)C(F)(F)F. The Morgan fingerprint density at radius 2 is 1.93 bits per heavy atom. The number of carbonyl (C=O) groups excluding carboxylic acids is 1. The molecule has 0 aromatic heterocycles. The molecule has 0 radical (unpaired) electrons. The number of quaternary nitrogens is 1.